The Bertz CT molecular complexity index is 743. The van der Waals surface area contributed by atoms with Crippen LogP contribution in [0.2, 0.25) is 0 Å². The van der Waals surface area contributed by atoms with Crippen molar-refractivity contribution in [3.63, 3.8) is 0 Å². The molecule has 0 radical (unpaired) electrons. The Morgan fingerprint density at radius 2 is 0.926 bits per heavy atom. The molecule has 0 amide bonds. The van der Waals surface area contributed by atoms with Crippen LogP contribution in [0, 0.1) is 0 Å². The molecule has 0 aliphatic rings. The number of benzene rings is 2. The Morgan fingerprint density at radius 1 is 0.630 bits per heavy atom. The Kier molecular flexibility index (Phi) is 6.17. The Morgan fingerprint density at radius 3 is 1.19 bits per heavy atom. The summed E-state index contributed by atoms with van der Waals surface area (Å²) in [6.07, 6.45) is -10.2. The van der Waals surface area contributed by atoms with E-state index in [-0.39, 0.29) is 26.5 Å². The van der Waals surface area contributed by atoms with E-state index in [0.29, 0.717) is 8.92 Å². The molecule has 0 saturated carbocycles. The first kappa shape index (κ1) is 20.8. The molecule has 0 fully saturated rings. The molecule has 0 saturated heterocycles. The minimum absolute atomic E-state index is 0.272. The summed E-state index contributed by atoms with van der Waals surface area (Å²) in [5, 5.41) is 0. The summed E-state index contributed by atoms with van der Waals surface area (Å²) >= 11 is -0.334. The molecular formula is C16H8F6O4Se. The first-order valence-corrected chi connectivity index (χ1v) is 8.62. The number of rotatable bonds is 4. The summed E-state index contributed by atoms with van der Waals surface area (Å²) in [5.41, 5.74) is 0. The van der Waals surface area contributed by atoms with Crippen molar-refractivity contribution in [3.8, 4) is 11.5 Å². The Hall–Kier alpha value is -2.52. The fraction of sp³-hybridized carbons (Fsp3) is 0.125. The van der Waals surface area contributed by atoms with Crippen molar-refractivity contribution < 1.29 is 45.4 Å². The van der Waals surface area contributed by atoms with Crippen LogP contribution in [0.25, 0.3) is 0 Å². The predicted octanol–water partition coefficient (Wildman–Crippen LogP) is 2.28. The molecule has 0 aliphatic carbocycles. The second kappa shape index (κ2) is 8.01. The number of hydrogen-bond donors (Lipinski definition) is 0. The second-order valence-corrected chi connectivity index (χ2v) is 7.23. The van der Waals surface area contributed by atoms with E-state index >= 15 is 0 Å². The molecule has 0 unspecified atom stereocenters. The first-order valence-electron chi connectivity index (χ1n) is 6.91. The average Bonchev–Trinajstić information content (AvgIpc) is 2.56. The maximum atomic E-state index is 12.1. The molecule has 27 heavy (non-hydrogen) atoms. The van der Waals surface area contributed by atoms with E-state index in [2.05, 4.69) is 9.47 Å². The zero-order chi connectivity index (χ0) is 20.2. The van der Waals surface area contributed by atoms with Gasteiger partial charge in [-0.25, -0.2) is 0 Å². The van der Waals surface area contributed by atoms with Gasteiger partial charge in [-0.05, 0) is 0 Å². The normalized spacial score (nSPS) is 11.8. The van der Waals surface area contributed by atoms with Crippen molar-refractivity contribution in [2.24, 2.45) is 0 Å². The van der Waals surface area contributed by atoms with Gasteiger partial charge in [-0.1, -0.05) is 0 Å². The number of halogens is 6. The van der Waals surface area contributed by atoms with Crippen LogP contribution in [0.5, 0.6) is 11.5 Å². The van der Waals surface area contributed by atoms with Crippen LogP contribution in [0.15, 0.2) is 48.5 Å². The minimum atomic E-state index is -5.10. The summed E-state index contributed by atoms with van der Waals surface area (Å²) in [5.74, 6) is -5.20. The third-order valence-corrected chi connectivity index (χ3v) is 4.90. The topological polar surface area (TPSA) is 52.6 Å². The molecular weight excluding hydrogens is 449 g/mol. The monoisotopic (exact) mass is 458 g/mol. The van der Waals surface area contributed by atoms with Gasteiger partial charge in [0.1, 0.15) is 0 Å². The van der Waals surface area contributed by atoms with Crippen LogP contribution in [0.1, 0.15) is 0 Å². The molecule has 11 heteroatoms. The molecule has 0 N–H and O–H groups in total. The van der Waals surface area contributed by atoms with E-state index in [0.717, 1.165) is 0 Å². The van der Waals surface area contributed by atoms with Crippen LogP contribution < -0.4 is 18.4 Å². The van der Waals surface area contributed by atoms with Crippen molar-refractivity contribution in [2.45, 2.75) is 12.4 Å². The van der Waals surface area contributed by atoms with Gasteiger partial charge >= 0.3 is 154 Å². The van der Waals surface area contributed by atoms with Gasteiger partial charge in [0, 0.05) is 0 Å². The summed E-state index contributed by atoms with van der Waals surface area (Å²) in [4.78, 5) is 21.5. The molecule has 0 aliphatic heterocycles. The van der Waals surface area contributed by atoms with E-state index in [4.69, 9.17) is 0 Å². The molecule has 0 spiro atoms. The summed E-state index contributed by atoms with van der Waals surface area (Å²) < 4.78 is 82.4. The van der Waals surface area contributed by atoms with Crippen molar-refractivity contribution in [3.05, 3.63) is 48.5 Å². The van der Waals surface area contributed by atoms with Gasteiger partial charge in [0.25, 0.3) is 0 Å². The Balaban J connectivity index is 1.97. The number of carbonyl (C=O) groups is 2. The van der Waals surface area contributed by atoms with Gasteiger partial charge in [0.15, 0.2) is 0 Å². The summed E-state index contributed by atoms with van der Waals surface area (Å²) in [6.45, 7) is 0. The molecule has 2 aromatic carbocycles. The molecule has 0 atom stereocenters. The maximum absolute atomic E-state index is 12.1. The van der Waals surface area contributed by atoms with Crippen molar-refractivity contribution in [1.82, 2.24) is 0 Å². The molecule has 0 heterocycles. The first-order chi connectivity index (χ1) is 12.4. The van der Waals surface area contributed by atoms with Gasteiger partial charge in [0.05, 0.1) is 0 Å². The summed E-state index contributed by atoms with van der Waals surface area (Å²) in [7, 11) is 0. The van der Waals surface area contributed by atoms with Gasteiger partial charge in [-0.3, -0.25) is 0 Å². The van der Waals surface area contributed by atoms with E-state index < -0.39 is 24.3 Å². The third kappa shape index (κ3) is 6.30. The molecule has 144 valence electrons. The standard InChI is InChI=1S/C16H8F6O4Se/c17-15(18,19)13(23)25-9-1-5-11(6-2-9)27-12-7-3-10(4-8-12)26-14(24)16(20,21)22/h1-8H. The van der Waals surface area contributed by atoms with Crippen LogP contribution in [-0.2, 0) is 9.59 Å². The van der Waals surface area contributed by atoms with Gasteiger partial charge in [-0.15, -0.1) is 0 Å². The molecule has 2 rings (SSSR count). The van der Waals surface area contributed by atoms with Gasteiger partial charge in [0.2, 0.25) is 0 Å². The van der Waals surface area contributed by atoms with Gasteiger partial charge in [-0.2, -0.15) is 0 Å². The fourth-order valence-electron chi connectivity index (χ4n) is 1.62. The Labute approximate surface area is 154 Å². The average molecular weight is 457 g/mol. The number of hydrogen-bond acceptors (Lipinski definition) is 4. The van der Waals surface area contributed by atoms with Crippen molar-refractivity contribution >= 4 is 35.8 Å². The summed E-state index contributed by atoms with van der Waals surface area (Å²) in [6, 6.07) is 10.6. The number of carbonyl (C=O) groups excluding carboxylic acids is 2. The van der Waals surface area contributed by atoms with Crippen molar-refractivity contribution in [1.29, 1.82) is 0 Å². The number of ether oxygens (including phenoxy) is 2. The zero-order valence-electron chi connectivity index (χ0n) is 12.9. The number of esters is 2. The van der Waals surface area contributed by atoms with Crippen molar-refractivity contribution in [2.75, 3.05) is 0 Å². The van der Waals surface area contributed by atoms with Crippen LogP contribution >= 0.6 is 0 Å². The SMILES string of the molecule is O=C(Oc1ccc([Se]c2ccc(OC(=O)C(F)(F)F)cc2)cc1)C(F)(F)F. The fourth-order valence-corrected chi connectivity index (χ4v) is 3.33. The molecule has 0 bridgehead atoms. The molecule has 0 aromatic heterocycles. The predicted molar refractivity (Wildman–Crippen MR) is 81.3 cm³/mol. The zero-order valence-corrected chi connectivity index (χ0v) is 14.6. The number of alkyl halides is 6. The second-order valence-electron chi connectivity index (χ2n) is 4.82. The van der Waals surface area contributed by atoms with E-state index in [1.165, 1.54) is 48.5 Å². The van der Waals surface area contributed by atoms with Crippen LogP contribution in [0.3, 0.4) is 0 Å². The molecule has 2 aromatic rings. The quantitative estimate of drug-likeness (QED) is 0.306. The van der Waals surface area contributed by atoms with E-state index in [9.17, 15) is 35.9 Å². The van der Waals surface area contributed by atoms with Crippen LogP contribution in [-0.4, -0.2) is 39.2 Å². The van der Waals surface area contributed by atoms with Gasteiger partial charge < -0.3 is 0 Å². The molecule has 4 nitrogen and oxygen atoms in total. The van der Waals surface area contributed by atoms with E-state index in [1.807, 2.05) is 0 Å². The van der Waals surface area contributed by atoms with Crippen LogP contribution in [0.4, 0.5) is 26.3 Å². The van der Waals surface area contributed by atoms with E-state index in [1.54, 1.807) is 0 Å². The third-order valence-electron chi connectivity index (χ3n) is 2.77.